The number of rotatable bonds is 2. The lowest BCUT2D eigenvalue weighted by atomic mass is 10.0. The second-order valence-corrected chi connectivity index (χ2v) is 5.57. The molecule has 4 nitrogen and oxygen atoms in total. The van der Waals surface area contributed by atoms with E-state index in [0.717, 1.165) is 17.3 Å². The summed E-state index contributed by atoms with van der Waals surface area (Å²) in [6.07, 6.45) is 1.92. The maximum atomic E-state index is 12.1. The molecule has 1 heterocycles. The van der Waals surface area contributed by atoms with Crippen molar-refractivity contribution in [2.45, 2.75) is 31.9 Å². The average molecular weight is 313 g/mol. The highest BCUT2D eigenvalue weighted by Gasteiger charge is 2.21. The molecular weight excluding hydrogens is 296 g/mol. The Balaban J connectivity index is 2.02. The van der Waals surface area contributed by atoms with Crippen LogP contribution in [0.25, 0.3) is 0 Å². The van der Waals surface area contributed by atoms with Crippen LogP contribution in [0.3, 0.4) is 0 Å². The van der Waals surface area contributed by atoms with E-state index >= 15 is 0 Å². The topological polar surface area (TPSA) is 64.4 Å². The number of carbonyl (C=O) groups is 1. The first kappa shape index (κ1) is 13.4. The van der Waals surface area contributed by atoms with E-state index in [1.807, 2.05) is 6.92 Å². The monoisotopic (exact) mass is 312 g/mol. The second-order valence-electron chi connectivity index (χ2n) is 4.65. The Hall–Kier alpha value is -1.07. The molecule has 1 amide bonds. The van der Waals surface area contributed by atoms with E-state index in [1.165, 1.54) is 0 Å². The van der Waals surface area contributed by atoms with Crippen LogP contribution in [-0.4, -0.2) is 24.7 Å². The lowest BCUT2D eigenvalue weighted by molar-refractivity contribution is 0.0136. The van der Waals surface area contributed by atoms with Crippen LogP contribution in [0, 0.1) is 0 Å². The van der Waals surface area contributed by atoms with Gasteiger partial charge < -0.3 is 15.8 Å². The van der Waals surface area contributed by atoms with Crippen molar-refractivity contribution < 1.29 is 9.53 Å². The Kier molecular flexibility index (Phi) is 4.24. The Morgan fingerprint density at radius 2 is 2.28 bits per heavy atom. The summed E-state index contributed by atoms with van der Waals surface area (Å²) in [5.41, 5.74) is 6.89. The number of ether oxygens (including phenoxy) is 1. The third kappa shape index (κ3) is 3.46. The minimum Gasteiger partial charge on any atom is -0.399 e. The van der Waals surface area contributed by atoms with Gasteiger partial charge in [-0.2, -0.15) is 0 Å². The zero-order chi connectivity index (χ0) is 13.1. The molecule has 0 aliphatic carbocycles. The fourth-order valence-corrected chi connectivity index (χ4v) is 2.65. The SMILES string of the molecule is CC1CC(NC(=O)c2cc(N)cc(Br)c2)CCO1. The predicted octanol–water partition coefficient (Wildman–Crippen LogP) is 2.33. The average Bonchev–Trinajstić information content (AvgIpc) is 2.27. The molecule has 98 valence electrons. The fraction of sp³-hybridized carbons (Fsp3) is 0.462. The van der Waals surface area contributed by atoms with Crippen molar-refractivity contribution in [3.63, 3.8) is 0 Å². The molecule has 1 aliphatic heterocycles. The van der Waals surface area contributed by atoms with Crippen molar-refractivity contribution in [2.75, 3.05) is 12.3 Å². The Morgan fingerprint density at radius 1 is 1.50 bits per heavy atom. The van der Waals surface area contributed by atoms with Gasteiger partial charge >= 0.3 is 0 Å². The van der Waals surface area contributed by atoms with E-state index in [-0.39, 0.29) is 18.1 Å². The summed E-state index contributed by atoms with van der Waals surface area (Å²) < 4.78 is 6.27. The zero-order valence-corrected chi connectivity index (χ0v) is 11.9. The molecule has 2 atom stereocenters. The van der Waals surface area contributed by atoms with Gasteiger partial charge in [-0.1, -0.05) is 15.9 Å². The molecule has 2 unspecified atom stereocenters. The van der Waals surface area contributed by atoms with Crippen LogP contribution >= 0.6 is 15.9 Å². The number of nitrogen functional groups attached to an aromatic ring is 1. The van der Waals surface area contributed by atoms with Crippen LogP contribution in [0.5, 0.6) is 0 Å². The minimum atomic E-state index is -0.0814. The molecule has 0 radical (unpaired) electrons. The summed E-state index contributed by atoms with van der Waals surface area (Å²) in [6, 6.07) is 5.41. The van der Waals surface area contributed by atoms with Crippen LogP contribution in [0.4, 0.5) is 5.69 Å². The molecule has 1 fully saturated rings. The normalized spacial score (nSPS) is 23.7. The van der Waals surface area contributed by atoms with Crippen LogP contribution in [0.15, 0.2) is 22.7 Å². The molecule has 0 saturated carbocycles. The van der Waals surface area contributed by atoms with Crippen LogP contribution < -0.4 is 11.1 Å². The number of nitrogens with one attached hydrogen (secondary N) is 1. The smallest absolute Gasteiger partial charge is 0.251 e. The van der Waals surface area contributed by atoms with Crippen LogP contribution in [0.2, 0.25) is 0 Å². The molecule has 0 spiro atoms. The molecular formula is C13H17BrN2O2. The largest absolute Gasteiger partial charge is 0.399 e. The van der Waals surface area contributed by atoms with E-state index in [4.69, 9.17) is 10.5 Å². The van der Waals surface area contributed by atoms with E-state index in [0.29, 0.717) is 17.9 Å². The van der Waals surface area contributed by atoms with Gasteiger partial charge in [0.1, 0.15) is 0 Å². The highest BCUT2D eigenvalue weighted by atomic mass is 79.9. The molecule has 1 saturated heterocycles. The maximum absolute atomic E-state index is 12.1. The number of benzene rings is 1. The highest BCUT2D eigenvalue weighted by Crippen LogP contribution is 2.18. The number of amides is 1. The fourth-order valence-electron chi connectivity index (χ4n) is 2.14. The molecule has 0 bridgehead atoms. The molecule has 5 heteroatoms. The molecule has 1 aromatic carbocycles. The number of halogens is 1. The van der Waals surface area contributed by atoms with Crippen molar-refractivity contribution in [1.29, 1.82) is 0 Å². The van der Waals surface area contributed by atoms with Crippen molar-refractivity contribution in [1.82, 2.24) is 5.32 Å². The number of nitrogens with two attached hydrogens (primary N) is 1. The lowest BCUT2D eigenvalue weighted by Gasteiger charge is -2.28. The van der Waals surface area contributed by atoms with Crippen LogP contribution in [0.1, 0.15) is 30.1 Å². The summed E-state index contributed by atoms with van der Waals surface area (Å²) in [6.45, 7) is 2.72. The molecule has 1 aromatic rings. The first-order chi connectivity index (χ1) is 8.54. The summed E-state index contributed by atoms with van der Waals surface area (Å²) >= 11 is 3.34. The van der Waals surface area contributed by atoms with Crippen molar-refractivity contribution in [2.24, 2.45) is 0 Å². The quantitative estimate of drug-likeness (QED) is 0.824. The zero-order valence-electron chi connectivity index (χ0n) is 10.3. The third-order valence-corrected chi connectivity index (χ3v) is 3.46. The Labute approximate surface area is 115 Å². The Bertz CT molecular complexity index is 430. The van der Waals surface area contributed by atoms with Crippen molar-refractivity contribution in [3.05, 3.63) is 28.2 Å². The summed E-state index contributed by atoms with van der Waals surface area (Å²) in [7, 11) is 0. The van der Waals surface area contributed by atoms with E-state index in [1.54, 1.807) is 18.2 Å². The second kappa shape index (κ2) is 5.71. The van der Waals surface area contributed by atoms with E-state index in [9.17, 15) is 4.79 Å². The van der Waals surface area contributed by atoms with Gasteiger partial charge in [-0.05, 0) is 38.0 Å². The van der Waals surface area contributed by atoms with Gasteiger partial charge in [0, 0.05) is 28.4 Å². The number of hydrogen-bond acceptors (Lipinski definition) is 3. The predicted molar refractivity (Wildman–Crippen MR) is 74.5 cm³/mol. The molecule has 2 rings (SSSR count). The molecule has 3 N–H and O–H groups in total. The first-order valence-corrected chi connectivity index (χ1v) is 6.82. The number of hydrogen-bond donors (Lipinski definition) is 2. The minimum absolute atomic E-state index is 0.0814. The van der Waals surface area contributed by atoms with Crippen molar-refractivity contribution >= 4 is 27.5 Å². The first-order valence-electron chi connectivity index (χ1n) is 6.03. The van der Waals surface area contributed by atoms with Crippen molar-refractivity contribution in [3.8, 4) is 0 Å². The molecule has 1 aliphatic rings. The standard InChI is InChI=1S/C13H17BrN2O2/c1-8-4-12(2-3-18-8)16-13(17)9-5-10(14)7-11(15)6-9/h5-8,12H,2-4,15H2,1H3,(H,16,17). The van der Waals surface area contributed by atoms with Gasteiger partial charge in [-0.25, -0.2) is 0 Å². The van der Waals surface area contributed by atoms with Gasteiger partial charge in [0.2, 0.25) is 0 Å². The molecule has 0 aromatic heterocycles. The van der Waals surface area contributed by atoms with E-state index in [2.05, 4.69) is 21.2 Å². The highest BCUT2D eigenvalue weighted by molar-refractivity contribution is 9.10. The van der Waals surface area contributed by atoms with Gasteiger partial charge in [0.15, 0.2) is 0 Å². The van der Waals surface area contributed by atoms with Gasteiger partial charge in [-0.15, -0.1) is 0 Å². The van der Waals surface area contributed by atoms with Gasteiger partial charge in [0.25, 0.3) is 5.91 Å². The summed E-state index contributed by atoms with van der Waals surface area (Å²) in [4.78, 5) is 12.1. The summed E-state index contributed by atoms with van der Waals surface area (Å²) in [5.74, 6) is -0.0814. The lowest BCUT2D eigenvalue weighted by Crippen LogP contribution is -2.41. The van der Waals surface area contributed by atoms with Gasteiger partial charge in [-0.3, -0.25) is 4.79 Å². The summed E-state index contributed by atoms with van der Waals surface area (Å²) in [5, 5.41) is 3.02. The number of carbonyl (C=O) groups excluding carboxylic acids is 1. The van der Waals surface area contributed by atoms with Gasteiger partial charge in [0.05, 0.1) is 6.10 Å². The third-order valence-electron chi connectivity index (χ3n) is 3.00. The number of anilines is 1. The van der Waals surface area contributed by atoms with E-state index < -0.39 is 0 Å². The van der Waals surface area contributed by atoms with Crippen LogP contribution in [-0.2, 0) is 4.74 Å². The molecule has 18 heavy (non-hydrogen) atoms. The maximum Gasteiger partial charge on any atom is 0.251 e. The Morgan fingerprint density at radius 3 is 2.94 bits per heavy atom.